The van der Waals surface area contributed by atoms with Gasteiger partial charge in [0.1, 0.15) is 17.3 Å². The van der Waals surface area contributed by atoms with Crippen molar-refractivity contribution < 1.29 is 23.5 Å². The molecule has 178 valence electrons. The Labute approximate surface area is 201 Å². The Morgan fingerprint density at radius 3 is 2.44 bits per heavy atom. The second-order valence-corrected chi connectivity index (χ2v) is 9.48. The first-order valence-corrected chi connectivity index (χ1v) is 11.8. The number of carbonyl (C=O) groups is 3. The number of rotatable bonds is 6. The highest BCUT2D eigenvalue weighted by atomic mass is 32.1. The van der Waals surface area contributed by atoms with Crippen LogP contribution in [-0.4, -0.2) is 66.1 Å². The van der Waals surface area contributed by atoms with Gasteiger partial charge in [-0.25, -0.2) is 4.39 Å². The lowest BCUT2D eigenvalue weighted by atomic mass is 9.90. The average Bonchev–Trinajstić information content (AvgIpc) is 3.26. The van der Waals surface area contributed by atoms with Gasteiger partial charge >= 0.3 is 0 Å². The van der Waals surface area contributed by atoms with Crippen molar-refractivity contribution in [1.29, 1.82) is 0 Å². The fourth-order valence-electron chi connectivity index (χ4n) is 4.23. The molecule has 0 bridgehead atoms. The van der Waals surface area contributed by atoms with Gasteiger partial charge in [-0.2, -0.15) is 4.37 Å². The van der Waals surface area contributed by atoms with Crippen molar-refractivity contribution in [2.75, 3.05) is 34.3 Å². The summed E-state index contributed by atoms with van der Waals surface area (Å²) in [5.74, 6) is -0.969. The van der Waals surface area contributed by atoms with Crippen molar-refractivity contribution in [3.8, 4) is 5.75 Å². The third kappa shape index (κ3) is 4.79. The van der Waals surface area contributed by atoms with Crippen LogP contribution in [0.25, 0.3) is 10.1 Å². The van der Waals surface area contributed by atoms with Crippen LogP contribution in [0.1, 0.15) is 39.3 Å². The van der Waals surface area contributed by atoms with Gasteiger partial charge in [0.15, 0.2) is 0 Å². The summed E-state index contributed by atoms with van der Waals surface area (Å²) in [7, 11) is 4.51. The van der Waals surface area contributed by atoms with Gasteiger partial charge in [0.05, 0.1) is 17.4 Å². The van der Waals surface area contributed by atoms with Crippen LogP contribution >= 0.6 is 11.5 Å². The van der Waals surface area contributed by atoms with Crippen molar-refractivity contribution in [3.05, 3.63) is 59.0 Å². The van der Waals surface area contributed by atoms with Crippen LogP contribution in [0.15, 0.2) is 36.4 Å². The van der Waals surface area contributed by atoms with E-state index in [2.05, 4.69) is 4.37 Å². The van der Waals surface area contributed by atoms with Crippen molar-refractivity contribution in [2.45, 2.75) is 19.3 Å². The number of carbonyl (C=O) groups excluding carboxylic acids is 3. The van der Waals surface area contributed by atoms with Gasteiger partial charge in [-0.15, -0.1) is 0 Å². The molecule has 34 heavy (non-hydrogen) atoms. The molecular formula is C25H26FN3O4S. The molecule has 1 fully saturated rings. The Morgan fingerprint density at radius 2 is 1.82 bits per heavy atom. The number of hydrogen-bond acceptors (Lipinski definition) is 6. The number of piperidine rings is 1. The molecule has 1 aliphatic rings. The van der Waals surface area contributed by atoms with Crippen LogP contribution in [0.4, 0.5) is 4.39 Å². The minimum Gasteiger partial charge on any atom is -0.496 e. The summed E-state index contributed by atoms with van der Waals surface area (Å²) in [4.78, 5) is 41.2. The molecule has 0 unspecified atom stereocenters. The first-order chi connectivity index (χ1) is 16.3. The maximum Gasteiger partial charge on any atom is 0.296 e. The molecule has 2 amide bonds. The fourth-order valence-corrected chi connectivity index (χ4v) is 5.02. The molecular weight excluding hydrogens is 457 g/mol. The van der Waals surface area contributed by atoms with Crippen molar-refractivity contribution in [1.82, 2.24) is 14.2 Å². The first kappa shape index (κ1) is 23.8. The third-order valence-corrected chi connectivity index (χ3v) is 6.99. The molecule has 9 heteroatoms. The van der Waals surface area contributed by atoms with Gasteiger partial charge in [0, 0.05) is 38.6 Å². The summed E-state index contributed by atoms with van der Waals surface area (Å²) >= 11 is 1.09. The number of aromatic nitrogens is 1. The summed E-state index contributed by atoms with van der Waals surface area (Å²) in [5.41, 5.74) is 1.49. The SMILES string of the molecule is COc1cc2snc(C(=O)C(=O)N(C)C)c2cc1C(=O)N1CCC(Cc2ccc(F)cc2)CC1. The zero-order valence-electron chi connectivity index (χ0n) is 19.3. The molecule has 0 spiro atoms. The maximum absolute atomic E-state index is 13.4. The van der Waals surface area contributed by atoms with E-state index in [4.69, 9.17) is 4.74 Å². The highest BCUT2D eigenvalue weighted by molar-refractivity contribution is 7.13. The zero-order valence-corrected chi connectivity index (χ0v) is 20.2. The quantitative estimate of drug-likeness (QED) is 0.394. The van der Waals surface area contributed by atoms with Crippen LogP contribution < -0.4 is 4.74 Å². The number of ether oxygens (including phenoxy) is 1. The number of nitrogens with zero attached hydrogens (tertiary/aromatic N) is 3. The van der Waals surface area contributed by atoms with Gasteiger partial charge in [0.2, 0.25) is 0 Å². The Hall–Kier alpha value is -3.33. The van der Waals surface area contributed by atoms with E-state index < -0.39 is 11.7 Å². The van der Waals surface area contributed by atoms with Crippen molar-refractivity contribution in [2.24, 2.45) is 5.92 Å². The van der Waals surface area contributed by atoms with E-state index in [9.17, 15) is 18.8 Å². The standard InChI is InChI=1S/C25H26FN3O4S/c1-28(2)25(32)23(30)22-19-13-18(20(33-3)14-21(19)34-27-22)24(31)29-10-8-16(9-11-29)12-15-4-6-17(26)7-5-15/h4-7,13-14,16H,8-12H2,1-3H3. The van der Waals surface area contributed by atoms with E-state index in [0.29, 0.717) is 40.4 Å². The number of likely N-dealkylation sites (N-methyl/N-ethyl adjacent to an activating group) is 1. The third-order valence-electron chi connectivity index (χ3n) is 6.18. The minimum atomic E-state index is -0.707. The lowest BCUT2D eigenvalue weighted by Gasteiger charge is -2.32. The largest absolute Gasteiger partial charge is 0.496 e. The Balaban J connectivity index is 1.52. The zero-order chi connectivity index (χ0) is 24.4. The fraction of sp³-hybridized carbons (Fsp3) is 0.360. The molecule has 3 aromatic rings. The highest BCUT2D eigenvalue weighted by Crippen LogP contribution is 2.33. The van der Waals surface area contributed by atoms with Crippen LogP contribution in [0.3, 0.4) is 0 Å². The number of Topliss-reactive ketones (excluding diaryl/α,β-unsaturated/α-hetero) is 1. The van der Waals surface area contributed by atoms with Crippen LogP contribution in [0, 0.1) is 11.7 Å². The van der Waals surface area contributed by atoms with Crippen LogP contribution in [-0.2, 0) is 11.2 Å². The second kappa shape index (κ2) is 9.89. The summed E-state index contributed by atoms with van der Waals surface area (Å²) in [6.45, 7) is 1.19. The van der Waals surface area contributed by atoms with E-state index in [1.54, 1.807) is 17.0 Å². The highest BCUT2D eigenvalue weighted by Gasteiger charge is 2.29. The predicted molar refractivity (Wildman–Crippen MR) is 128 cm³/mol. The van der Waals surface area contributed by atoms with E-state index in [0.717, 1.165) is 36.4 Å². The predicted octanol–water partition coefficient (Wildman–Crippen LogP) is 3.81. The number of halogens is 1. The monoisotopic (exact) mass is 483 g/mol. The smallest absolute Gasteiger partial charge is 0.296 e. The topological polar surface area (TPSA) is 79.8 Å². The van der Waals surface area contributed by atoms with E-state index in [1.807, 2.05) is 12.1 Å². The number of hydrogen-bond donors (Lipinski definition) is 0. The van der Waals surface area contributed by atoms with Crippen LogP contribution in [0.5, 0.6) is 5.75 Å². The molecule has 0 atom stereocenters. The Kier molecular flexibility index (Phi) is 6.92. The van der Waals surface area contributed by atoms with Gasteiger partial charge in [-0.1, -0.05) is 12.1 Å². The van der Waals surface area contributed by atoms with Gasteiger partial charge < -0.3 is 14.5 Å². The van der Waals surface area contributed by atoms with Gasteiger partial charge in [-0.05, 0) is 60.5 Å². The van der Waals surface area contributed by atoms with Gasteiger partial charge in [-0.3, -0.25) is 14.4 Å². The van der Waals surface area contributed by atoms with E-state index in [1.165, 1.54) is 38.2 Å². The lowest BCUT2D eigenvalue weighted by molar-refractivity contribution is -0.124. The molecule has 1 saturated heterocycles. The van der Waals surface area contributed by atoms with E-state index in [-0.39, 0.29) is 17.4 Å². The molecule has 4 rings (SSSR count). The molecule has 0 aliphatic carbocycles. The lowest BCUT2D eigenvalue weighted by Crippen LogP contribution is -2.39. The molecule has 0 saturated carbocycles. The summed E-state index contributed by atoms with van der Waals surface area (Å²) in [6, 6.07) is 9.87. The van der Waals surface area contributed by atoms with E-state index >= 15 is 0 Å². The van der Waals surface area contributed by atoms with Crippen LogP contribution in [0.2, 0.25) is 0 Å². The number of methoxy groups -OCH3 is 1. The summed E-state index contributed by atoms with van der Waals surface area (Å²) in [5, 5.41) is 0.473. The Bertz CT molecular complexity index is 1230. The summed E-state index contributed by atoms with van der Waals surface area (Å²) in [6.07, 6.45) is 2.53. The molecule has 2 aromatic carbocycles. The van der Waals surface area contributed by atoms with Gasteiger partial charge in [0.25, 0.3) is 17.6 Å². The molecule has 1 aliphatic heterocycles. The molecule has 7 nitrogen and oxygen atoms in total. The second-order valence-electron chi connectivity index (χ2n) is 8.67. The maximum atomic E-state index is 13.4. The van der Waals surface area contributed by atoms with Crippen molar-refractivity contribution in [3.63, 3.8) is 0 Å². The van der Waals surface area contributed by atoms with Crippen molar-refractivity contribution >= 4 is 39.2 Å². The number of likely N-dealkylation sites (tertiary alicyclic amines) is 1. The summed E-state index contributed by atoms with van der Waals surface area (Å²) < 4.78 is 23.5. The first-order valence-electron chi connectivity index (χ1n) is 11.1. The Morgan fingerprint density at radius 1 is 1.15 bits per heavy atom. The molecule has 0 N–H and O–H groups in total. The molecule has 0 radical (unpaired) electrons. The minimum absolute atomic E-state index is 0.0495. The number of fused-ring (bicyclic) bond motifs is 1. The molecule has 2 heterocycles. The number of ketones is 1. The molecule has 1 aromatic heterocycles. The average molecular weight is 484 g/mol. The normalized spacial score (nSPS) is 14.3. The number of amides is 2. The number of benzene rings is 2.